The zero-order valence-corrected chi connectivity index (χ0v) is 19.7. The van der Waals surface area contributed by atoms with E-state index in [1.807, 2.05) is 59.5 Å². The van der Waals surface area contributed by atoms with Crippen LogP contribution in [-0.4, -0.2) is 22.5 Å². The zero-order chi connectivity index (χ0) is 22.8. The normalized spacial score (nSPS) is 19.9. The molecule has 1 heterocycles. The number of nitrogens with zero attached hydrogens (tertiary/aromatic N) is 1. The molecule has 3 aromatic carbocycles. The molecule has 0 aromatic heterocycles. The van der Waals surface area contributed by atoms with Gasteiger partial charge in [-0.2, -0.15) is 0 Å². The van der Waals surface area contributed by atoms with Gasteiger partial charge in [0.25, 0.3) is 5.91 Å². The second-order valence-electron chi connectivity index (χ2n) is 8.55. The molecule has 0 spiro atoms. The molecule has 0 unspecified atom stereocenters. The van der Waals surface area contributed by atoms with E-state index in [-0.39, 0.29) is 23.2 Å². The number of carbonyl (C=O) groups excluding carboxylic acids is 2. The predicted octanol–water partition coefficient (Wildman–Crippen LogP) is 5.92. The van der Waals surface area contributed by atoms with E-state index in [9.17, 15) is 9.59 Å². The molecule has 5 rings (SSSR count). The summed E-state index contributed by atoms with van der Waals surface area (Å²) in [5.41, 5.74) is 5.27. The fraction of sp³-hybridized carbons (Fsp3) is 0.259. The molecule has 33 heavy (non-hydrogen) atoms. The van der Waals surface area contributed by atoms with Crippen LogP contribution in [0.5, 0.6) is 0 Å². The zero-order valence-electron chi connectivity index (χ0n) is 18.2. The van der Waals surface area contributed by atoms with Crippen LogP contribution in [0.25, 0.3) is 0 Å². The molecule has 3 aromatic rings. The van der Waals surface area contributed by atoms with Crippen LogP contribution in [-0.2, 0) is 17.8 Å². The molecule has 1 N–H and O–H groups in total. The van der Waals surface area contributed by atoms with Gasteiger partial charge in [-0.3, -0.25) is 9.59 Å². The number of hydrogen-bond donors (Lipinski definition) is 1. The van der Waals surface area contributed by atoms with E-state index in [4.69, 9.17) is 11.6 Å². The van der Waals surface area contributed by atoms with E-state index in [1.54, 1.807) is 11.8 Å². The van der Waals surface area contributed by atoms with E-state index in [2.05, 4.69) is 23.5 Å². The number of carbonyl (C=O) groups is 2. The molecule has 1 aliphatic carbocycles. The number of halogens is 1. The van der Waals surface area contributed by atoms with E-state index in [0.29, 0.717) is 22.9 Å². The number of nitrogens with one attached hydrogen (secondary N) is 1. The van der Waals surface area contributed by atoms with Crippen LogP contribution < -0.4 is 5.32 Å². The average Bonchev–Trinajstić information content (AvgIpc) is 3.21. The van der Waals surface area contributed by atoms with Gasteiger partial charge >= 0.3 is 0 Å². The van der Waals surface area contributed by atoms with Crippen molar-refractivity contribution in [2.45, 2.75) is 37.2 Å². The van der Waals surface area contributed by atoms with Gasteiger partial charge in [-0.05, 0) is 65.8 Å². The molecule has 1 fully saturated rings. The van der Waals surface area contributed by atoms with Gasteiger partial charge in [-0.25, -0.2) is 0 Å². The van der Waals surface area contributed by atoms with Gasteiger partial charge in [0.2, 0.25) is 5.91 Å². The second kappa shape index (κ2) is 9.62. The van der Waals surface area contributed by atoms with Crippen molar-refractivity contribution in [1.82, 2.24) is 10.2 Å². The number of aryl methyl sites for hydroxylation is 1. The summed E-state index contributed by atoms with van der Waals surface area (Å²) in [6, 6.07) is 23.7. The van der Waals surface area contributed by atoms with Crippen molar-refractivity contribution in [3.05, 3.63) is 106 Å². The van der Waals surface area contributed by atoms with Gasteiger partial charge in [0.1, 0.15) is 5.37 Å². The number of rotatable bonds is 5. The molecule has 0 radical (unpaired) electrons. The van der Waals surface area contributed by atoms with Gasteiger partial charge in [0, 0.05) is 17.1 Å². The van der Waals surface area contributed by atoms with Crippen molar-refractivity contribution in [2.75, 3.05) is 5.75 Å². The maximum absolute atomic E-state index is 12.9. The van der Waals surface area contributed by atoms with Crippen molar-refractivity contribution >= 4 is 35.2 Å². The Labute approximate surface area is 203 Å². The molecule has 4 nitrogen and oxygen atoms in total. The molecule has 0 bridgehead atoms. The lowest BCUT2D eigenvalue weighted by atomic mass is 9.87. The molecule has 1 aliphatic heterocycles. The summed E-state index contributed by atoms with van der Waals surface area (Å²) in [7, 11) is 0. The van der Waals surface area contributed by atoms with Gasteiger partial charge in [-0.15, -0.1) is 11.8 Å². The standard InChI is InChI=1S/C27H25ClN2O2S/c28-22-14-8-18(9-15-22)16-30-25(31)17-33-27(30)21-12-10-20(11-13-21)26(32)29-24-7-3-5-19-4-1-2-6-23(19)24/h1-2,4,6,8-15,24,27H,3,5,7,16-17H2,(H,29,32)/t24-,27-/m0/s1. The Morgan fingerprint density at radius 2 is 1.79 bits per heavy atom. The average molecular weight is 477 g/mol. The number of benzene rings is 3. The van der Waals surface area contributed by atoms with E-state index >= 15 is 0 Å². The summed E-state index contributed by atoms with van der Waals surface area (Å²) in [6.45, 7) is 0.539. The molecule has 0 saturated carbocycles. The molecular weight excluding hydrogens is 452 g/mol. The van der Waals surface area contributed by atoms with Crippen LogP contribution in [0.3, 0.4) is 0 Å². The molecule has 2 aliphatic rings. The third-order valence-electron chi connectivity index (χ3n) is 6.37. The van der Waals surface area contributed by atoms with Gasteiger partial charge < -0.3 is 10.2 Å². The Balaban J connectivity index is 1.28. The van der Waals surface area contributed by atoms with Crippen molar-refractivity contribution in [3.8, 4) is 0 Å². The Hall–Kier alpha value is -2.76. The summed E-state index contributed by atoms with van der Waals surface area (Å²) < 4.78 is 0. The lowest BCUT2D eigenvalue weighted by Crippen LogP contribution is -2.31. The monoisotopic (exact) mass is 476 g/mol. The number of amides is 2. The summed E-state index contributed by atoms with van der Waals surface area (Å²) >= 11 is 7.61. The Morgan fingerprint density at radius 3 is 2.58 bits per heavy atom. The topological polar surface area (TPSA) is 49.4 Å². The summed E-state index contributed by atoms with van der Waals surface area (Å²) in [6.07, 6.45) is 3.11. The summed E-state index contributed by atoms with van der Waals surface area (Å²) in [5.74, 6) is 0.524. The largest absolute Gasteiger partial charge is 0.345 e. The van der Waals surface area contributed by atoms with Crippen molar-refractivity contribution < 1.29 is 9.59 Å². The van der Waals surface area contributed by atoms with Crippen LogP contribution in [0.1, 0.15) is 56.9 Å². The molecule has 2 amide bonds. The SMILES string of the molecule is O=C(N[C@H]1CCCc2ccccc21)c1ccc([C@@H]2SCC(=O)N2Cc2ccc(Cl)cc2)cc1. The lowest BCUT2D eigenvalue weighted by Gasteiger charge is -2.26. The number of hydrogen-bond acceptors (Lipinski definition) is 3. The van der Waals surface area contributed by atoms with E-state index in [0.717, 1.165) is 30.4 Å². The first-order valence-corrected chi connectivity index (χ1v) is 12.7. The van der Waals surface area contributed by atoms with E-state index in [1.165, 1.54) is 11.1 Å². The smallest absolute Gasteiger partial charge is 0.251 e. The van der Waals surface area contributed by atoms with Gasteiger partial charge in [0.15, 0.2) is 0 Å². The van der Waals surface area contributed by atoms with Crippen LogP contribution in [0.4, 0.5) is 0 Å². The second-order valence-corrected chi connectivity index (χ2v) is 10.1. The van der Waals surface area contributed by atoms with Crippen LogP contribution in [0.15, 0.2) is 72.8 Å². The predicted molar refractivity (Wildman–Crippen MR) is 133 cm³/mol. The van der Waals surface area contributed by atoms with Crippen LogP contribution in [0.2, 0.25) is 5.02 Å². The Kier molecular flexibility index (Phi) is 6.43. The first kappa shape index (κ1) is 22.1. The fourth-order valence-corrected chi connectivity index (χ4v) is 5.95. The fourth-order valence-electron chi connectivity index (χ4n) is 4.63. The minimum Gasteiger partial charge on any atom is -0.345 e. The first-order valence-electron chi connectivity index (χ1n) is 11.2. The molecule has 6 heteroatoms. The molecule has 2 atom stereocenters. The molecule has 1 saturated heterocycles. The summed E-state index contributed by atoms with van der Waals surface area (Å²) in [4.78, 5) is 27.4. The maximum atomic E-state index is 12.9. The van der Waals surface area contributed by atoms with Crippen molar-refractivity contribution in [3.63, 3.8) is 0 Å². The quantitative estimate of drug-likeness (QED) is 0.497. The Morgan fingerprint density at radius 1 is 1.03 bits per heavy atom. The van der Waals surface area contributed by atoms with Crippen molar-refractivity contribution in [2.24, 2.45) is 0 Å². The molecular formula is C27H25ClN2O2S. The van der Waals surface area contributed by atoms with Crippen LogP contribution in [0, 0.1) is 0 Å². The highest BCUT2D eigenvalue weighted by molar-refractivity contribution is 8.00. The molecule has 168 valence electrons. The maximum Gasteiger partial charge on any atom is 0.251 e. The lowest BCUT2D eigenvalue weighted by molar-refractivity contribution is -0.128. The van der Waals surface area contributed by atoms with Crippen molar-refractivity contribution in [1.29, 1.82) is 0 Å². The van der Waals surface area contributed by atoms with Crippen LogP contribution >= 0.6 is 23.4 Å². The highest BCUT2D eigenvalue weighted by Crippen LogP contribution is 2.39. The Bertz CT molecular complexity index is 1160. The van der Waals surface area contributed by atoms with Gasteiger partial charge in [0.05, 0.1) is 11.8 Å². The first-order chi connectivity index (χ1) is 16.1. The highest BCUT2D eigenvalue weighted by Gasteiger charge is 2.33. The third-order valence-corrected chi connectivity index (χ3v) is 7.88. The minimum absolute atomic E-state index is 0.0556. The van der Waals surface area contributed by atoms with E-state index < -0.39 is 0 Å². The minimum atomic E-state index is -0.0597. The van der Waals surface area contributed by atoms with Gasteiger partial charge in [-0.1, -0.05) is 60.1 Å². The number of fused-ring (bicyclic) bond motifs is 1. The summed E-state index contributed by atoms with van der Waals surface area (Å²) in [5, 5.41) is 3.84. The highest BCUT2D eigenvalue weighted by atomic mass is 35.5. The third kappa shape index (κ3) is 4.80. The number of thioether (sulfide) groups is 1.